The summed E-state index contributed by atoms with van der Waals surface area (Å²) in [7, 11) is 3.70. The van der Waals surface area contributed by atoms with Crippen molar-refractivity contribution in [2.24, 2.45) is 13.0 Å². The van der Waals surface area contributed by atoms with Crippen molar-refractivity contribution in [3.05, 3.63) is 46.7 Å². The fourth-order valence-corrected chi connectivity index (χ4v) is 3.90. The van der Waals surface area contributed by atoms with Crippen molar-refractivity contribution >= 4 is 40.4 Å². The molecule has 0 saturated carbocycles. The Morgan fingerprint density at radius 1 is 1.40 bits per heavy atom. The van der Waals surface area contributed by atoms with E-state index < -0.39 is 5.92 Å². The van der Waals surface area contributed by atoms with Crippen molar-refractivity contribution in [2.75, 3.05) is 18.9 Å². The summed E-state index contributed by atoms with van der Waals surface area (Å²) in [6.45, 7) is 2.72. The normalized spacial score (nSPS) is 20.2. The Bertz CT molecular complexity index is 819. The van der Waals surface area contributed by atoms with Crippen LogP contribution in [0.1, 0.15) is 24.0 Å². The number of rotatable bonds is 4. The van der Waals surface area contributed by atoms with Gasteiger partial charge in [0.25, 0.3) is 0 Å². The number of carbonyl (C=O) groups excluding carboxylic acids is 1. The van der Waals surface area contributed by atoms with E-state index >= 15 is 0 Å². The maximum absolute atomic E-state index is 13.0. The molecule has 1 aliphatic rings. The third-order valence-electron chi connectivity index (χ3n) is 4.75. The number of hydrogen-bond acceptors (Lipinski definition) is 3. The van der Waals surface area contributed by atoms with Crippen LogP contribution >= 0.6 is 23.8 Å². The van der Waals surface area contributed by atoms with E-state index in [1.807, 2.05) is 36.2 Å². The van der Waals surface area contributed by atoms with E-state index in [0.717, 1.165) is 23.2 Å². The van der Waals surface area contributed by atoms with E-state index in [4.69, 9.17) is 23.8 Å². The summed E-state index contributed by atoms with van der Waals surface area (Å²) in [5, 5.41) is 7.81. The number of nitrogens with zero attached hydrogens (tertiary/aromatic N) is 3. The van der Waals surface area contributed by atoms with E-state index in [1.54, 1.807) is 17.9 Å². The molecule has 25 heavy (non-hydrogen) atoms. The van der Waals surface area contributed by atoms with Crippen molar-refractivity contribution in [3.8, 4) is 0 Å². The highest BCUT2D eigenvalue weighted by Gasteiger charge is 2.43. The molecule has 5 nitrogen and oxygen atoms in total. The lowest BCUT2D eigenvalue weighted by molar-refractivity contribution is -0.118. The fraction of sp³-hybridized carbons (Fsp3) is 0.389. The van der Waals surface area contributed by atoms with Gasteiger partial charge in [-0.05, 0) is 18.1 Å². The van der Waals surface area contributed by atoms with Crippen molar-refractivity contribution < 1.29 is 4.79 Å². The minimum absolute atomic E-state index is 0.0971. The van der Waals surface area contributed by atoms with Crippen molar-refractivity contribution in [3.63, 3.8) is 0 Å². The highest BCUT2D eigenvalue weighted by molar-refractivity contribution is 7.80. The first-order chi connectivity index (χ1) is 11.9. The highest BCUT2D eigenvalue weighted by Crippen LogP contribution is 2.37. The molecule has 1 fully saturated rings. The van der Waals surface area contributed by atoms with Crippen LogP contribution in [0.2, 0.25) is 5.15 Å². The highest BCUT2D eigenvalue weighted by atomic mass is 35.5. The number of aryl methyl sites for hydroxylation is 2. The number of likely N-dealkylation sites (tertiary alicyclic amines) is 1. The van der Waals surface area contributed by atoms with Crippen LogP contribution < -0.4 is 5.32 Å². The topological polar surface area (TPSA) is 50.2 Å². The van der Waals surface area contributed by atoms with Crippen molar-refractivity contribution in [1.82, 2.24) is 14.7 Å². The minimum Gasteiger partial charge on any atom is -0.368 e. The van der Waals surface area contributed by atoms with Crippen LogP contribution in [0.15, 0.2) is 30.5 Å². The zero-order valence-electron chi connectivity index (χ0n) is 14.5. The molecule has 132 valence electrons. The second-order valence-corrected chi connectivity index (χ2v) is 7.09. The largest absolute Gasteiger partial charge is 0.368 e. The van der Waals surface area contributed by atoms with Crippen molar-refractivity contribution in [1.29, 1.82) is 0 Å². The minimum atomic E-state index is -0.438. The lowest BCUT2D eigenvalue weighted by atomic mass is 9.90. The molecular weight excluding hydrogens is 356 g/mol. The molecule has 0 spiro atoms. The number of aromatic nitrogens is 2. The number of halogens is 1. The number of carbonyl (C=O) groups is 1. The Balaban J connectivity index is 1.90. The van der Waals surface area contributed by atoms with Crippen LogP contribution in [0.5, 0.6) is 0 Å². The molecule has 2 atom stereocenters. The van der Waals surface area contributed by atoms with Crippen LogP contribution in [-0.4, -0.2) is 39.2 Å². The second kappa shape index (κ2) is 7.14. The molecule has 2 heterocycles. The first-order valence-corrected chi connectivity index (χ1v) is 9.03. The average Bonchev–Trinajstić information content (AvgIpc) is 3.08. The van der Waals surface area contributed by atoms with Gasteiger partial charge in [-0.15, -0.1) is 0 Å². The first-order valence-electron chi connectivity index (χ1n) is 8.25. The van der Waals surface area contributed by atoms with Crippen LogP contribution in [0.3, 0.4) is 0 Å². The van der Waals surface area contributed by atoms with Gasteiger partial charge < -0.3 is 10.2 Å². The molecule has 3 rings (SSSR count). The number of anilines is 1. The third kappa shape index (κ3) is 3.28. The molecule has 1 N–H and O–H groups in total. The molecule has 7 heteroatoms. The quantitative estimate of drug-likeness (QED) is 0.832. The Morgan fingerprint density at radius 2 is 2.12 bits per heavy atom. The van der Waals surface area contributed by atoms with E-state index in [9.17, 15) is 4.79 Å². The van der Waals surface area contributed by atoms with E-state index in [-0.39, 0.29) is 11.8 Å². The molecule has 1 aliphatic heterocycles. The molecule has 0 aliphatic carbocycles. The van der Waals surface area contributed by atoms with Crippen molar-refractivity contribution in [2.45, 2.75) is 19.3 Å². The molecule has 1 aromatic heterocycles. The predicted molar refractivity (Wildman–Crippen MR) is 104 cm³/mol. The molecule has 0 unspecified atom stereocenters. The SMILES string of the molecule is CCc1ccccc1NC(=O)[C@H]1C(=S)N(C)C[C@@H]1c1cnn(C)c1Cl. The summed E-state index contributed by atoms with van der Waals surface area (Å²) in [6, 6.07) is 7.83. The summed E-state index contributed by atoms with van der Waals surface area (Å²) >= 11 is 11.9. The summed E-state index contributed by atoms with van der Waals surface area (Å²) in [5.74, 6) is -0.640. The first kappa shape index (κ1) is 17.9. The fourth-order valence-electron chi connectivity index (χ4n) is 3.32. The molecule has 1 amide bonds. The van der Waals surface area contributed by atoms with Gasteiger partial charge in [-0.2, -0.15) is 5.10 Å². The smallest absolute Gasteiger partial charge is 0.235 e. The van der Waals surface area contributed by atoms with E-state index in [1.165, 1.54) is 0 Å². The molecule has 1 aromatic carbocycles. The number of para-hydroxylation sites is 1. The molecule has 1 saturated heterocycles. The molecular formula is C18H21ClN4OS. The number of thiocarbonyl (C=S) groups is 1. The van der Waals surface area contributed by atoms with Gasteiger partial charge in [0.1, 0.15) is 5.15 Å². The van der Waals surface area contributed by atoms with Gasteiger partial charge in [-0.1, -0.05) is 48.9 Å². The van der Waals surface area contributed by atoms with Gasteiger partial charge in [-0.25, -0.2) is 0 Å². The van der Waals surface area contributed by atoms with Gasteiger partial charge in [-0.3, -0.25) is 9.48 Å². The number of benzene rings is 1. The molecule has 2 aromatic rings. The zero-order valence-corrected chi connectivity index (χ0v) is 16.1. The number of hydrogen-bond donors (Lipinski definition) is 1. The Hall–Kier alpha value is -1.92. The van der Waals surface area contributed by atoms with Gasteiger partial charge >= 0.3 is 0 Å². The predicted octanol–water partition coefficient (Wildman–Crippen LogP) is 3.25. The number of amides is 1. The van der Waals surface area contributed by atoms with E-state index in [0.29, 0.717) is 16.7 Å². The van der Waals surface area contributed by atoms with E-state index in [2.05, 4.69) is 17.3 Å². The van der Waals surface area contributed by atoms with Crippen LogP contribution in [-0.2, 0) is 18.3 Å². The lowest BCUT2D eigenvalue weighted by Gasteiger charge is -2.18. The molecule has 0 radical (unpaired) electrons. The summed E-state index contributed by atoms with van der Waals surface area (Å²) in [5.41, 5.74) is 2.80. The number of likely N-dealkylation sites (N-methyl/N-ethyl adjacent to an activating group) is 1. The number of nitrogens with one attached hydrogen (secondary N) is 1. The third-order valence-corrected chi connectivity index (χ3v) is 5.77. The summed E-state index contributed by atoms with van der Waals surface area (Å²) in [4.78, 5) is 15.6. The molecule has 0 bridgehead atoms. The second-order valence-electron chi connectivity index (χ2n) is 6.32. The Labute approximate surface area is 158 Å². The van der Waals surface area contributed by atoms with Crippen LogP contribution in [0, 0.1) is 5.92 Å². The van der Waals surface area contributed by atoms with Gasteiger partial charge in [0, 0.05) is 37.8 Å². The van der Waals surface area contributed by atoms with Gasteiger partial charge in [0.15, 0.2) is 0 Å². The summed E-state index contributed by atoms with van der Waals surface area (Å²) in [6.07, 6.45) is 2.58. The van der Waals surface area contributed by atoms with Gasteiger partial charge in [0.05, 0.1) is 17.1 Å². The Morgan fingerprint density at radius 3 is 2.76 bits per heavy atom. The lowest BCUT2D eigenvalue weighted by Crippen LogP contribution is -2.31. The summed E-state index contributed by atoms with van der Waals surface area (Å²) < 4.78 is 1.61. The maximum atomic E-state index is 13.0. The monoisotopic (exact) mass is 376 g/mol. The van der Waals surface area contributed by atoms with Crippen LogP contribution in [0.4, 0.5) is 5.69 Å². The zero-order chi connectivity index (χ0) is 18.1. The standard InChI is InChI=1S/C18H21ClN4OS/c1-4-11-7-5-6-8-14(11)21-17(24)15-13(10-22(2)18(15)25)12-9-20-23(3)16(12)19/h5-9,13,15H,4,10H2,1-3H3,(H,21,24)/t13-,15+/m1/s1. The van der Waals surface area contributed by atoms with Crippen LogP contribution in [0.25, 0.3) is 0 Å². The Kier molecular flexibility index (Phi) is 5.11. The van der Waals surface area contributed by atoms with Gasteiger partial charge in [0.2, 0.25) is 5.91 Å². The average molecular weight is 377 g/mol. The maximum Gasteiger partial charge on any atom is 0.235 e.